The third-order valence-corrected chi connectivity index (χ3v) is 6.19. The number of hydrogen-bond acceptors (Lipinski definition) is 3. The molecule has 1 aliphatic rings. The molecule has 1 N–H and O–H groups in total. The van der Waals surface area contributed by atoms with Crippen LogP contribution in [0, 0.1) is 5.82 Å². The summed E-state index contributed by atoms with van der Waals surface area (Å²) in [7, 11) is -3.82. The number of carbonyl (C=O) groups excluding carboxylic acids is 1. The standard InChI is InChI=1S/C21H25FN2O3S/c1-15(17-12-11-16-7-3-4-8-18(16)13-17)23-21(25)14-24(28(2,26)27)20-10-6-5-9-19(20)22/h5-6,9-13,15H,3-4,7-8,14H2,1-2H3,(H,23,25)/t15-/m1/s1. The third-order valence-electron chi connectivity index (χ3n) is 5.06. The summed E-state index contributed by atoms with van der Waals surface area (Å²) in [6.07, 6.45) is 5.46. The van der Waals surface area contributed by atoms with Gasteiger partial charge in [-0.3, -0.25) is 9.10 Å². The van der Waals surface area contributed by atoms with Gasteiger partial charge in [-0.2, -0.15) is 0 Å². The first-order chi connectivity index (χ1) is 13.3. The van der Waals surface area contributed by atoms with E-state index in [1.54, 1.807) is 0 Å². The van der Waals surface area contributed by atoms with Gasteiger partial charge < -0.3 is 5.32 Å². The van der Waals surface area contributed by atoms with E-state index in [0.717, 1.165) is 29.0 Å². The number of rotatable bonds is 6. The lowest BCUT2D eigenvalue weighted by atomic mass is 9.89. The highest BCUT2D eigenvalue weighted by Crippen LogP contribution is 2.25. The number of nitrogens with zero attached hydrogens (tertiary/aromatic N) is 1. The summed E-state index contributed by atoms with van der Waals surface area (Å²) in [6.45, 7) is 1.38. The molecule has 2 aromatic rings. The molecule has 0 saturated carbocycles. The maximum absolute atomic E-state index is 14.1. The van der Waals surface area contributed by atoms with Crippen LogP contribution in [-0.2, 0) is 27.7 Å². The molecule has 0 saturated heterocycles. The predicted octanol–water partition coefficient (Wildman–Crippen LogP) is 3.35. The summed E-state index contributed by atoms with van der Waals surface area (Å²) in [5, 5.41) is 2.83. The van der Waals surface area contributed by atoms with Crippen molar-refractivity contribution in [2.45, 2.75) is 38.6 Å². The van der Waals surface area contributed by atoms with E-state index in [2.05, 4.69) is 17.4 Å². The molecule has 0 radical (unpaired) electrons. The van der Waals surface area contributed by atoms with Crippen LogP contribution in [0.3, 0.4) is 0 Å². The van der Waals surface area contributed by atoms with Crippen molar-refractivity contribution in [3.8, 4) is 0 Å². The summed E-state index contributed by atoms with van der Waals surface area (Å²) < 4.78 is 39.1. The second kappa shape index (κ2) is 8.31. The van der Waals surface area contributed by atoms with Crippen LogP contribution in [0.25, 0.3) is 0 Å². The van der Waals surface area contributed by atoms with Crippen LogP contribution in [0.5, 0.6) is 0 Å². The summed E-state index contributed by atoms with van der Waals surface area (Å²) in [5.41, 5.74) is 3.51. The zero-order chi connectivity index (χ0) is 20.3. The fourth-order valence-electron chi connectivity index (χ4n) is 3.56. The molecule has 0 unspecified atom stereocenters. The average molecular weight is 405 g/mol. The van der Waals surface area contributed by atoms with Crippen molar-refractivity contribution < 1.29 is 17.6 Å². The van der Waals surface area contributed by atoms with Crippen LogP contribution in [0.4, 0.5) is 10.1 Å². The number of halogens is 1. The second-order valence-corrected chi connectivity index (χ2v) is 9.15. The van der Waals surface area contributed by atoms with E-state index in [0.29, 0.717) is 0 Å². The minimum absolute atomic E-state index is 0.137. The van der Waals surface area contributed by atoms with Crippen molar-refractivity contribution in [1.29, 1.82) is 0 Å². The highest BCUT2D eigenvalue weighted by Gasteiger charge is 2.24. The van der Waals surface area contributed by atoms with Gasteiger partial charge in [-0.15, -0.1) is 0 Å². The van der Waals surface area contributed by atoms with Crippen molar-refractivity contribution in [2.24, 2.45) is 0 Å². The number of fused-ring (bicyclic) bond motifs is 1. The molecule has 7 heteroatoms. The van der Waals surface area contributed by atoms with Crippen LogP contribution in [0.1, 0.15) is 42.5 Å². The van der Waals surface area contributed by atoms with Crippen molar-refractivity contribution in [3.05, 3.63) is 65.0 Å². The zero-order valence-corrected chi connectivity index (χ0v) is 16.9. The van der Waals surface area contributed by atoms with Crippen LogP contribution < -0.4 is 9.62 Å². The van der Waals surface area contributed by atoms with Crippen LogP contribution >= 0.6 is 0 Å². The van der Waals surface area contributed by atoms with Gasteiger partial charge >= 0.3 is 0 Å². The largest absolute Gasteiger partial charge is 0.348 e. The fourth-order valence-corrected chi connectivity index (χ4v) is 4.42. The predicted molar refractivity (Wildman–Crippen MR) is 108 cm³/mol. The normalized spacial score (nSPS) is 14.8. The average Bonchev–Trinajstić information content (AvgIpc) is 2.65. The number of amides is 1. The van der Waals surface area contributed by atoms with Crippen LogP contribution in [-0.4, -0.2) is 27.1 Å². The van der Waals surface area contributed by atoms with Crippen molar-refractivity contribution >= 4 is 21.6 Å². The third kappa shape index (κ3) is 4.70. The van der Waals surface area contributed by atoms with Gasteiger partial charge in [0.05, 0.1) is 18.0 Å². The van der Waals surface area contributed by atoms with E-state index in [1.165, 1.54) is 48.2 Å². The summed E-state index contributed by atoms with van der Waals surface area (Å²) in [5.74, 6) is -1.18. The lowest BCUT2D eigenvalue weighted by Crippen LogP contribution is -2.41. The highest BCUT2D eigenvalue weighted by atomic mass is 32.2. The molecule has 28 heavy (non-hydrogen) atoms. The zero-order valence-electron chi connectivity index (χ0n) is 16.1. The first-order valence-electron chi connectivity index (χ1n) is 9.39. The molecule has 1 aliphatic carbocycles. The smallest absolute Gasteiger partial charge is 0.241 e. The first kappa shape index (κ1) is 20.3. The number of aryl methyl sites for hydroxylation is 2. The molecule has 1 atom stereocenters. The Hall–Kier alpha value is -2.41. The molecule has 0 aromatic heterocycles. The minimum Gasteiger partial charge on any atom is -0.348 e. The molecule has 0 spiro atoms. The van der Waals surface area contributed by atoms with Gasteiger partial charge in [0.2, 0.25) is 15.9 Å². The molecular formula is C21H25FN2O3S. The van der Waals surface area contributed by atoms with Gasteiger partial charge in [-0.05, 0) is 61.4 Å². The molecule has 2 aromatic carbocycles. The molecule has 0 aliphatic heterocycles. The number of anilines is 1. The number of para-hydroxylation sites is 1. The van der Waals surface area contributed by atoms with Gasteiger partial charge in [0.15, 0.2) is 0 Å². The van der Waals surface area contributed by atoms with Gasteiger partial charge in [0.1, 0.15) is 12.4 Å². The molecule has 0 heterocycles. The highest BCUT2D eigenvalue weighted by molar-refractivity contribution is 7.92. The monoisotopic (exact) mass is 404 g/mol. The van der Waals surface area contributed by atoms with Gasteiger partial charge in [-0.25, -0.2) is 12.8 Å². The quantitative estimate of drug-likeness (QED) is 0.803. The molecule has 5 nitrogen and oxygen atoms in total. The topological polar surface area (TPSA) is 66.5 Å². The first-order valence-corrected chi connectivity index (χ1v) is 11.2. The van der Waals surface area contributed by atoms with Crippen LogP contribution in [0.15, 0.2) is 42.5 Å². The fraction of sp³-hybridized carbons (Fsp3) is 0.381. The van der Waals surface area contributed by atoms with E-state index < -0.39 is 28.3 Å². The molecule has 3 rings (SSSR count). The second-order valence-electron chi connectivity index (χ2n) is 7.25. The Labute approximate surface area is 165 Å². The Bertz CT molecular complexity index is 975. The number of nitrogens with one attached hydrogen (secondary N) is 1. The number of hydrogen-bond donors (Lipinski definition) is 1. The number of carbonyl (C=O) groups is 1. The van der Waals surface area contributed by atoms with E-state index >= 15 is 0 Å². The van der Waals surface area contributed by atoms with Crippen molar-refractivity contribution in [1.82, 2.24) is 5.32 Å². The molecular weight excluding hydrogens is 379 g/mol. The van der Waals surface area contributed by atoms with E-state index in [-0.39, 0.29) is 11.7 Å². The Morgan fingerprint density at radius 1 is 1.14 bits per heavy atom. The van der Waals surface area contributed by atoms with E-state index in [4.69, 9.17) is 0 Å². The molecule has 150 valence electrons. The Balaban J connectivity index is 1.73. The van der Waals surface area contributed by atoms with Crippen molar-refractivity contribution in [2.75, 3.05) is 17.1 Å². The molecule has 0 bridgehead atoms. The number of benzene rings is 2. The van der Waals surface area contributed by atoms with Gasteiger partial charge in [0, 0.05) is 0 Å². The van der Waals surface area contributed by atoms with Gasteiger partial charge in [0.25, 0.3) is 0 Å². The molecule has 0 fully saturated rings. The Morgan fingerprint density at radius 3 is 2.50 bits per heavy atom. The lowest BCUT2D eigenvalue weighted by molar-refractivity contribution is -0.120. The lowest BCUT2D eigenvalue weighted by Gasteiger charge is -2.24. The van der Waals surface area contributed by atoms with E-state index in [1.807, 2.05) is 13.0 Å². The Morgan fingerprint density at radius 2 is 1.82 bits per heavy atom. The van der Waals surface area contributed by atoms with Gasteiger partial charge in [-0.1, -0.05) is 30.3 Å². The SMILES string of the molecule is C[C@@H](NC(=O)CN(c1ccccc1F)S(C)(=O)=O)c1ccc2c(c1)CCCC2. The Kier molecular flexibility index (Phi) is 6.03. The summed E-state index contributed by atoms with van der Waals surface area (Å²) >= 11 is 0. The van der Waals surface area contributed by atoms with Crippen LogP contribution in [0.2, 0.25) is 0 Å². The summed E-state index contributed by atoms with van der Waals surface area (Å²) in [6, 6.07) is 11.5. The maximum atomic E-state index is 14.1. The van der Waals surface area contributed by atoms with E-state index in [9.17, 15) is 17.6 Å². The molecule has 1 amide bonds. The van der Waals surface area contributed by atoms with Crippen molar-refractivity contribution in [3.63, 3.8) is 0 Å². The minimum atomic E-state index is -3.82. The summed E-state index contributed by atoms with van der Waals surface area (Å²) in [4.78, 5) is 12.5. The number of sulfonamides is 1. The maximum Gasteiger partial charge on any atom is 0.241 e.